The highest BCUT2D eigenvalue weighted by atomic mass is 32.1. The molecule has 0 radical (unpaired) electrons. The maximum atomic E-state index is 4.52. The second-order valence-corrected chi connectivity index (χ2v) is 5.34. The number of aryl methyl sites for hydroxylation is 2. The van der Waals surface area contributed by atoms with Crippen LogP contribution in [0.25, 0.3) is 0 Å². The maximum Gasteiger partial charge on any atom is 0.193 e. The smallest absolute Gasteiger partial charge is 0.193 e. The Hall–Kier alpha value is -1.10. The van der Waals surface area contributed by atoms with Gasteiger partial charge < -0.3 is 10.2 Å². The van der Waals surface area contributed by atoms with Crippen molar-refractivity contribution in [1.29, 1.82) is 0 Å². The number of nitrogens with one attached hydrogen (secondary N) is 1. The van der Waals surface area contributed by atoms with Crippen LogP contribution in [0.2, 0.25) is 0 Å². The Labute approximate surface area is 100 Å². The summed E-state index contributed by atoms with van der Waals surface area (Å²) in [5.41, 5.74) is 1.16. The van der Waals surface area contributed by atoms with E-state index in [0.717, 1.165) is 37.7 Å². The van der Waals surface area contributed by atoms with Gasteiger partial charge >= 0.3 is 0 Å². The predicted molar refractivity (Wildman–Crippen MR) is 68.2 cm³/mol. The molecule has 5 heteroatoms. The second-order valence-electron chi connectivity index (χ2n) is 4.05. The van der Waals surface area contributed by atoms with E-state index in [4.69, 9.17) is 0 Å². The van der Waals surface area contributed by atoms with Crippen molar-refractivity contribution in [3.8, 4) is 0 Å². The van der Waals surface area contributed by atoms with Crippen molar-refractivity contribution >= 4 is 17.3 Å². The van der Waals surface area contributed by atoms with Crippen molar-refractivity contribution < 1.29 is 0 Å². The monoisotopic (exact) mass is 238 g/mol. The van der Waals surface area contributed by atoms with Gasteiger partial charge in [0, 0.05) is 31.4 Å². The van der Waals surface area contributed by atoms with E-state index in [-0.39, 0.29) is 0 Å². The summed E-state index contributed by atoms with van der Waals surface area (Å²) in [6.07, 6.45) is 0.978. The molecule has 2 rings (SSSR count). The number of rotatable bonds is 3. The molecule has 2 heterocycles. The average Bonchev–Trinajstić information content (AvgIpc) is 2.76. The average molecular weight is 238 g/mol. The van der Waals surface area contributed by atoms with Crippen molar-refractivity contribution in [2.24, 2.45) is 4.99 Å². The van der Waals surface area contributed by atoms with Gasteiger partial charge in [-0.2, -0.15) is 0 Å². The molecule has 1 aromatic heterocycles. The van der Waals surface area contributed by atoms with Crippen LogP contribution in [0.5, 0.6) is 0 Å². The maximum absolute atomic E-state index is 4.52. The third-order valence-electron chi connectivity index (χ3n) is 2.75. The Morgan fingerprint density at radius 3 is 2.81 bits per heavy atom. The van der Waals surface area contributed by atoms with Crippen LogP contribution < -0.4 is 5.32 Å². The van der Waals surface area contributed by atoms with Gasteiger partial charge in [-0.1, -0.05) is 0 Å². The number of hydrogen-bond acceptors (Lipinski definition) is 5. The van der Waals surface area contributed by atoms with Crippen LogP contribution in [-0.4, -0.2) is 42.5 Å². The van der Waals surface area contributed by atoms with Gasteiger partial charge in [-0.05, 0) is 13.8 Å². The second kappa shape index (κ2) is 4.82. The van der Waals surface area contributed by atoms with Crippen molar-refractivity contribution in [3.63, 3.8) is 0 Å². The zero-order valence-electron chi connectivity index (χ0n) is 10.1. The fraction of sp³-hybridized carbons (Fsp3) is 0.636. The molecule has 1 aliphatic heterocycles. The minimum atomic E-state index is 0.911. The van der Waals surface area contributed by atoms with Gasteiger partial charge in [0.1, 0.15) is 0 Å². The van der Waals surface area contributed by atoms with E-state index >= 15 is 0 Å². The SMILES string of the molecule is Cc1nc(CCNC2=NCCN2C)sc1C. The molecule has 0 bridgehead atoms. The quantitative estimate of drug-likeness (QED) is 0.860. The highest BCUT2D eigenvalue weighted by Crippen LogP contribution is 2.16. The molecule has 4 nitrogen and oxygen atoms in total. The van der Waals surface area contributed by atoms with Crippen LogP contribution in [-0.2, 0) is 6.42 Å². The van der Waals surface area contributed by atoms with Gasteiger partial charge in [0.15, 0.2) is 5.96 Å². The van der Waals surface area contributed by atoms with Crippen molar-refractivity contribution in [3.05, 3.63) is 15.6 Å². The number of thiazole rings is 1. The number of hydrogen-bond donors (Lipinski definition) is 1. The van der Waals surface area contributed by atoms with Crippen LogP contribution >= 0.6 is 11.3 Å². The van der Waals surface area contributed by atoms with Crippen LogP contribution in [0.1, 0.15) is 15.6 Å². The lowest BCUT2D eigenvalue weighted by molar-refractivity contribution is 0.534. The van der Waals surface area contributed by atoms with E-state index in [0.29, 0.717) is 0 Å². The number of aromatic nitrogens is 1. The fourth-order valence-corrected chi connectivity index (χ4v) is 2.58. The summed E-state index contributed by atoms with van der Waals surface area (Å²) in [6.45, 7) is 7.04. The first kappa shape index (κ1) is 11.4. The Morgan fingerprint density at radius 1 is 1.44 bits per heavy atom. The summed E-state index contributed by atoms with van der Waals surface area (Å²) < 4.78 is 0. The van der Waals surface area contributed by atoms with Crippen LogP contribution in [0.4, 0.5) is 0 Å². The zero-order valence-corrected chi connectivity index (χ0v) is 10.9. The molecular formula is C11H18N4S. The van der Waals surface area contributed by atoms with Crippen molar-refractivity contribution in [2.45, 2.75) is 20.3 Å². The molecule has 0 atom stereocenters. The molecule has 1 aromatic rings. The van der Waals surface area contributed by atoms with Gasteiger partial charge in [-0.15, -0.1) is 11.3 Å². The molecule has 0 spiro atoms. The van der Waals surface area contributed by atoms with Crippen LogP contribution in [0.3, 0.4) is 0 Å². The molecule has 0 saturated carbocycles. The Bertz CT molecular complexity index is 377. The third-order valence-corrected chi connectivity index (χ3v) is 3.89. The van der Waals surface area contributed by atoms with E-state index < -0.39 is 0 Å². The normalized spacial score (nSPS) is 15.4. The summed E-state index contributed by atoms with van der Waals surface area (Å²) in [7, 11) is 2.07. The van der Waals surface area contributed by atoms with E-state index in [2.05, 4.69) is 41.1 Å². The summed E-state index contributed by atoms with van der Waals surface area (Å²) >= 11 is 1.79. The first-order valence-corrected chi connectivity index (χ1v) is 6.41. The highest BCUT2D eigenvalue weighted by Gasteiger charge is 2.11. The van der Waals surface area contributed by atoms with Crippen LogP contribution in [0.15, 0.2) is 4.99 Å². The van der Waals surface area contributed by atoms with Gasteiger partial charge in [0.05, 0.1) is 17.2 Å². The molecule has 88 valence electrons. The van der Waals surface area contributed by atoms with E-state index in [9.17, 15) is 0 Å². The fourth-order valence-electron chi connectivity index (χ4n) is 1.65. The molecule has 0 fully saturated rings. The number of aliphatic imine (C=N–C) groups is 1. The molecule has 0 unspecified atom stereocenters. The molecule has 0 amide bonds. The number of nitrogens with zero attached hydrogens (tertiary/aromatic N) is 3. The molecule has 1 aliphatic rings. The highest BCUT2D eigenvalue weighted by molar-refractivity contribution is 7.11. The molecule has 0 aromatic carbocycles. The first-order chi connectivity index (χ1) is 7.66. The van der Waals surface area contributed by atoms with Gasteiger partial charge in [0.25, 0.3) is 0 Å². The standard InChI is InChI=1S/C11H18N4S/c1-8-9(2)16-10(14-8)4-5-12-11-13-6-7-15(11)3/h4-7H2,1-3H3,(H,12,13). The summed E-state index contributed by atoms with van der Waals surface area (Å²) in [5, 5.41) is 4.56. The summed E-state index contributed by atoms with van der Waals surface area (Å²) in [6, 6.07) is 0. The number of guanidine groups is 1. The van der Waals surface area contributed by atoms with Gasteiger partial charge in [0.2, 0.25) is 0 Å². The lowest BCUT2D eigenvalue weighted by Crippen LogP contribution is -2.36. The van der Waals surface area contributed by atoms with E-state index in [1.165, 1.54) is 9.88 Å². The van der Waals surface area contributed by atoms with Crippen molar-refractivity contribution in [2.75, 3.05) is 26.7 Å². The Morgan fingerprint density at radius 2 is 2.25 bits per heavy atom. The van der Waals surface area contributed by atoms with E-state index in [1.54, 1.807) is 11.3 Å². The molecule has 1 N–H and O–H groups in total. The third kappa shape index (κ3) is 2.52. The van der Waals surface area contributed by atoms with Crippen molar-refractivity contribution in [1.82, 2.24) is 15.2 Å². The minimum absolute atomic E-state index is 0.911. The summed E-state index contributed by atoms with van der Waals surface area (Å²) in [5.74, 6) is 1.02. The molecular weight excluding hydrogens is 220 g/mol. The summed E-state index contributed by atoms with van der Waals surface area (Å²) in [4.78, 5) is 12.4. The Kier molecular flexibility index (Phi) is 3.43. The number of likely N-dealkylation sites (N-methyl/N-ethyl adjacent to an activating group) is 1. The topological polar surface area (TPSA) is 40.5 Å². The molecule has 0 aliphatic carbocycles. The van der Waals surface area contributed by atoms with Crippen LogP contribution in [0, 0.1) is 13.8 Å². The van der Waals surface area contributed by atoms with Gasteiger partial charge in [-0.25, -0.2) is 4.98 Å². The molecule has 0 saturated heterocycles. The predicted octanol–water partition coefficient (Wildman–Crippen LogP) is 1.19. The largest absolute Gasteiger partial charge is 0.356 e. The lowest BCUT2D eigenvalue weighted by Gasteiger charge is -2.14. The Balaban J connectivity index is 1.80. The zero-order chi connectivity index (χ0) is 11.5. The first-order valence-electron chi connectivity index (χ1n) is 5.59. The lowest BCUT2D eigenvalue weighted by atomic mass is 10.4. The minimum Gasteiger partial charge on any atom is -0.356 e. The van der Waals surface area contributed by atoms with Gasteiger partial charge in [-0.3, -0.25) is 4.99 Å². The molecule has 16 heavy (non-hydrogen) atoms. The van der Waals surface area contributed by atoms with E-state index in [1.807, 2.05) is 0 Å².